The predicted molar refractivity (Wildman–Crippen MR) is 48.3 cm³/mol. The summed E-state index contributed by atoms with van der Waals surface area (Å²) < 4.78 is 4.67. The van der Waals surface area contributed by atoms with Gasteiger partial charge in [0.2, 0.25) is 0 Å². The highest BCUT2D eigenvalue weighted by molar-refractivity contribution is 5.94. The summed E-state index contributed by atoms with van der Waals surface area (Å²) in [7, 11) is 0. The first kappa shape index (κ1) is 11.2. The predicted octanol–water partition coefficient (Wildman–Crippen LogP) is 0.862. The van der Waals surface area contributed by atoms with Gasteiger partial charge in [-0.2, -0.15) is 5.26 Å². The number of nitrogens with zero attached hydrogens (tertiary/aromatic N) is 1. The zero-order valence-electron chi connectivity index (χ0n) is 7.70. The molecule has 0 rings (SSSR count). The minimum atomic E-state index is -0.611. The molecule has 0 saturated heterocycles. The fourth-order valence-electron chi connectivity index (χ4n) is 0.726. The van der Waals surface area contributed by atoms with Gasteiger partial charge in [-0.25, -0.2) is 4.79 Å². The van der Waals surface area contributed by atoms with Crippen LogP contribution >= 0.6 is 0 Å². The van der Waals surface area contributed by atoms with Crippen molar-refractivity contribution in [2.45, 2.75) is 13.8 Å². The molecule has 0 aliphatic carbocycles. The van der Waals surface area contributed by atoms with E-state index in [9.17, 15) is 4.79 Å². The monoisotopic (exact) mass is 180 g/mol. The van der Waals surface area contributed by atoms with Crippen LogP contribution in [-0.4, -0.2) is 12.6 Å². The number of allylic oxidation sites excluding steroid dienone is 2. The van der Waals surface area contributed by atoms with Gasteiger partial charge in [-0.3, -0.25) is 0 Å². The Hall–Kier alpha value is -1.76. The van der Waals surface area contributed by atoms with E-state index in [0.29, 0.717) is 5.57 Å². The molecule has 4 nitrogen and oxygen atoms in total. The molecule has 13 heavy (non-hydrogen) atoms. The Balaban J connectivity index is 4.79. The van der Waals surface area contributed by atoms with Gasteiger partial charge in [0, 0.05) is 0 Å². The van der Waals surface area contributed by atoms with Gasteiger partial charge in [0.05, 0.1) is 6.61 Å². The third kappa shape index (κ3) is 3.43. The van der Waals surface area contributed by atoms with E-state index >= 15 is 0 Å². The Morgan fingerprint density at radius 2 is 2.31 bits per heavy atom. The Morgan fingerprint density at radius 1 is 1.69 bits per heavy atom. The summed E-state index contributed by atoms with van der Waals surface area (Å²) >= 11 is 0. The van der Waals surface area contributed by atoms with E-state index in [2.05, 4.69) is 4.74 Å². The van der Waals surface area contributed by atoms with Crippen molar-refractivity contribution in [3.05, 3.63) is 23.4 Å². The highest BCUT2D eigenvalue weighted by Crippen LogP contribution is 2.06. The van der Waals surface area contributed by atoms with E-state index in [1.54, 1.807) is 19.9 Å². The third-order valence-corrected chi connectivity index (χ3v) is 1.33. The van der Waals surface area contributed by atoms with Gasteiger partial charge >= 0.3 is 5.97 Å². The maximum Gasteiger partial charge on any atom is 0.349 e. The van der Waals surface area contributed by atoms with Gasteiger partial charge in [0.1, 0.15) is 11.6 Å². The highest BCUT2D eigenvalue weighted by Gasteiger charge is 2.11. The first-order chi connectivity index (χ1) is 6.17. The maximum absolute atomic E-state index is 11.1. The first-order valence-electron chi connectivity index (χ1n) is 3.83. The maximum atomic E-state index is 11.1. The largest absolute Gasteiger partial charge is 0.462 e. The molecule has 0 fully saturated rings. The van der Waals surface area contributed by atoms with Crippen molar-refractivity contribution in [3.8, 4) is 6.07 Å². The molecule has 0 saturated carbocycles. The number of hydrogen-bond donors (Lipinski definition) is 1. The molecule has 4 heteroatoms. The molecule has 0 radical (unpaired) electrons. The van der Waals surface area contributed by atoms with Crippen LogP contribution < -0.4 is 5.73 Å². The van der Waals surface area contributed by atoms with Crippen molar-refractivity contribution < 1.29 is 9.53 Å². The van der Waals surface area contributed by atoms with Crippen molar-refractivity contribution in [1.82, 2.24) is 0 Å². The SMILES string of the molecule is CCOC(=O)C(C#N)=C(C)C=CN. The molecule has 2 N–H and O–H groups in total. The van der Waals surface area contributed by atoms with Gasteiger partial charge in [0.25, 0.3) is 0 Å². The number of hydrogen-bond acceptors (Lipinski definition) is 4. The fourth-order valence-corrected chi connectivity index (χ4v) is 0.726. The Labute approximate surface area is 77.3 Å². The van der Waals surface area contributed by atoms with Crippen LogP contribution in [0, 0.1) is 11.3 Å². The average Bonchev–Trinajstić information content (AvgIpc) is 2.06. The molecule has 0 aromatic carbocycles. The highest BCUT2D eigenvalue weighted by atomic mass is 16.5. The summed E-state index contributed by atoms with van der Waals surface area (Å²) in [6.45, 7) is 3.56. The van der Waals surface area contributed by atoms with Crippen molar-refractivity contribution in [2.24, 2.45) is 5.73 Å². The van der Waals surface area contributed by atoms with Crippen LogP contribution in [0.4, 0.5) is 0 Å². The van der Waals surface area contributed by atoms with E-state index in [0.717, 1.165) is 0 Å². The van der Waals surface area contributed by atoms with Gasteiger partial charge < -0.3 is 10.5 Å². The third-order valence-electron chi connectivity index (χ3n) is 1.33. The number of rotatable bonds is 3. The van der Waals surface area contributed by atoms with Crippen LogP contribution in [0.3, 0.4) is 0 Å². The molecule has 0 atom stereocenters. The Kier molecular flexibility index (Phi) is 5.05. The molecule has 0 amide bonds. The first-order valence-corrected chi connectivity index (χ1v) is 3.83. The van der Waals surface area contributed by atoms with E-state index in [-0.39, 0.29) is 12.2 Å². The Morgan fingerprint density at radius 3 is 2.69 bits per heavy atom. The van der Waals surface area contributed by atoms with E-state index in [1.165, 1.54) is 12.3 Å². The second-order valence-electron chi connectivity index (χ2n) is 2.25. The molecule has 0 aliphatic rings. The lowest BCUT2D eigenvalue weighted by Crippen LogP contribution is -2.07. The van der Waals surface area contributed by atoms with Crippen LogP contribution in [0.1, 0.15) is 13.8 Å². The molecule has 0 aromatic rings. The zero-order chi connectivity index (χ0) is 10.3. The molecular weight excluding hydrogens is 168 g/mol. The summed E-state index contributed by atoms with van der Waals surface area (Å²) in [5, 5.41) is 8.64. The van der Waals surface area contributed by atoms with Gasteiger partial charge in [-0.15, -0.1) is 0 Å². The van der Waals surface area contributed by atoms with E-state index < -0.39 is 5.97 Å². The lowest BCUT2D eigenvalue weighted by atomic mass is 10.1. The molecule has 0 unspecified atom stereocenters. The van der Waals surface area contributed by atoms with Gasteiger partial charge in [0.15, 0.2) is 0 Å². The van der Waals surface area contributed by atoms with Crippen LogP contribution in [0.25, 0.3) is 0 Å². The molecule has 0 aliphatic heterocycles. The smallest absolute Gasteiger partial charge is 0.349 e. The molecular formula is C9H12N2O2. The summed E-state index contributed by atoms with van der Waals surface area (Å²) in [5.74, 6) is -0.611. The minimum absolute atomic E-state index is 0.0106. The van der Waals surface area contributed by atoms with Crippen molar-refractivity contribution in [2.75, 3.05) is 6.61 Å². The lowest BCUT2D eigenvalue weighted by Gasteiger charge is -2.00. The van der Waals surface area contributed by atoms with Crippen LogP contribution in [0.2, 0.25) is 0 Å². The number of carbonyl (C=O) groups is 1. The minimum Gasteiger partial charge on any atom is -0.462 e. The molecule has 0 bridgehead atoms. The van der Waals surface area contributed by atoms with Crippen LogP contribution in [-0.2, 0) is 9.53 Å². The number of carbonyl (C=O) groups excluding carboxylic acids is 1. The summed E-state index contributed by atoms with van der Waals surface area (Å²) in [5.41, 5.74) is 5.61. The standard InChI is InChI=1S/C9H12N2O2/c1-3-13-9(12)8(6-11)7(2)4-5-10/h4-5H,3,10H2,1-2H3. The van der Waals surface area contributed by atoms with Crippen molar-refractivity contribution in [1.29, 1.82) is 5.26 Å². The van der Waals surface area contributed by atoms with Gasteiger partial charge in [-0.1, -0.05) is 0 Å². The van der Waals surface area contributed by atoms with E-state index in [4.69, 9.17) is 11.0 Å². The summed E-state index contributed by atoms with van der Waals surface area (Å²) in [4.78, 5) is 11.1. The lowest BCUT2D eigenvalue weighted by molar-refractivity contribution is -0.138. The number of ether oxygens (including phenoxy) is 1. The van der Waals surface area contributed by atoms with Crippen molar-refractivity contribution >= 4 is 5.97 Å². The molecule has 0 heterocycles. The average molecular weight is 180 g/mol. The van der Waals surface area contributed by atoms with E-state index in [1.807, 2.05) is 0 Å². The number of esters is 1. The molecule has 0 spiro atoms. The zero-order valence-corrected chi connectivity index (χ0v) is 7.70. The summed E-state index contributed by atoms with van der Waals surface area (Å²) in [6, 6.07) is 1.77. The van der Waals surface area contributed by atoms with Crippen LogP contribution in [0.15, 0.2) is 23.4 Å². The number of nitrogens with two attached hydrogens (primary N) is 1. The fraction of sp³-hybridized carbons (Fsp3) is 0.333. The number of nitriles is 1. The van der Waals surface area contributed by atoms with Crippen LogP contribution in [0.5, 0.6) is 0 Å². The van der Waals surface area contributed by atoms with Gasteiger partial charge in [-0.05, 0) is 31.7 Å². The topological polar surface area (TPSA) is 76.1 Å². The second-order valence-corrected chi connectivity index (χ2v) is 2.25. The Bertz CT molecular complexity index is 284. The molecule has 0 aromatic heterocycles. The summed E-state index contributed by atoms with van der Waals surface area (Å²) in [6.07, 6.45) is 2.75. The molecule has 70 valence electrons. The van der Waals surface area contributed by atoms with Crippen molar-refractivity contribution in [3.63, 3.8) is 0 Å². The second kappa shape index (κ2) is 5.84. The quantitative estimate of drug-likeness (QED) is 0.302. The normalized spacial score (nSPS) is 12.1.